The minimum Gasteiger partial charge on any atom is -0.346 e. The van der Waals surface area contributed by atoms with Crippen LogP contribution in [-0.4, -0.2) is 9.97 Å². The number of pyridine rings is 1. The molecule has 0 unspecified atom stereocenters. The number of hydrogen-bond donors (Lipinski definition) is 1. The monoisotopic (exact) mass is 432 g/mol. The molecule has 1 aromatic carbocycles. The number of rotatable bonds is 2. The predicted molar refractivity (Wildman–Crippen MR) is 139 cm³/mol. The minimum absolute atomic E-state index is 0.980. The van der Waals surface area contributed by atoms with Crippen LogP contribution in [0.3, 0.4) is 0 Å². The average molecular weight is 433 g/mol. The lowest BCUT2D eigenvalue weighted by molar-refractivity contribution is 0.196. The normalized spacial score (nSPS) is 17.2. The van der Waals surface area contributed by atoms with E-state index in [1.54, 1.807) is 25.7 Å². The zero-order chi connectivity index (χ0) is 22.8. The van der Waals surface area contributed by atoms with Crippen molar-refractivity contribution in [1.29, 1.82) is 0 Å². The molecule has 32 heavy (non-hydrogen) atoms. The van der Waals surface area contributed by atoms with E-state index in [1.165, 1.54) is 66.2 Å². The van der Waals surface area contributed by atoms with Crippen molar-refractivity contribution in [3.63, 3.8) is 0 Å². The SMILES string of the molecule is C1CCC(C2CCCCC2)CC1.CCc1cccc(C)c1.Cc1cnc2[nH]cc(C)c2c1. The molecule has 0 spiro atoms. The van der Waals surface area contributed by atoms with Crippen LogP contribution >= 0.6 is 0 Å². The van der Waals surface area contributed by atoms with Crippen molar-refractivity contribution in [3.8, 4) is 0 Å². The molecule has 0 bridgehead atoms. The van der Waals surface area contributed by atoms with Crippen LogP contribution in [0.5, 0.6) is 0 Å². The first-order valence-electron chi connectivity index (χ1n) is 13.0. The van der Waals surface area contributed by atoms with Crippen molar-refractivity contribution in [2.24, 2.45) is 11.8 Å². The van der Waals surface area contributed by atoms with E-state index >= 15 is 0 Å². The van der Waals surface area contributed by atoms with E-state index in [1.807, 2.05) is 12.4 Å². The van der Waals surface area contributed by atoms with Gasteiger partial charge >= 0.3 is 0 Å². The molecular weight excluding hydrogens is 388 g/mol. The van der Waals surface area contributed by atoms with E-state index < -0.39 is 0 Å². The van der Waals surface area contributed by atoms with Gasteiger partial charge in [-0.2, -0.15) is 0 Å². The molecule has 0 radical (unpaired) electrons. The lowest BCUT2D eigenvalue weighted by atomic mass is 9.73. The number of aryl methyl sites for hydroxylation is 4. The molecule has 2 nitrogen and oxygen atoms in total. The fraction of sp³-hybridized carbons (Fsp3) is 0.567. The summed E-state index contributed by atoms with van der Waals surface area (Å²) in [5, 5.41) is 1.23. The number of hydrogen-bond acceptors (Lipinski definition) is 1. The van der Waals surface area contributed by atoms with Gasteiger partial charge in [-0.3, -0.25) is 0 Å². The van der Waals surface area contributed by atoms with Gasteiger partial charge in [0.25, 0.3) is 0 Å². The van der Waals surface area contributed by atoms with Crippen LogP contribution in [0, 0.1) is 32.6 Å². The first-order chi connectivity index (χ1) is 15.6. The van der Waals surface area contributed by atoms with Crippen molar-refractivity contribution in [3.05, 3.63) is 65.0 Å². The Balaban J connectivity index is 0.000000137. The molecule has 2 saturated carbocycles. The second-order valence-corrected chi connectivity index (χ2v) is 10.0. The molecule has 2 heterocycles. The van der Waals surface area contributed by atoms with Crippen LogP contribution in [-0.2, 0) is 6.42 Å². The number of nitrogens with one attached hydrogen (secondary N) is 1. The van der Waals surface area contributed by atoms with E-state index in [2.05, 4.69) is 68.0 Å². The maximum atomic E-state index is 4.25. The highest BCUT2D eigenvalue weighted by atomic mass is 14.8. The van der Waals surface area contributed by atoms with Crippen molar-refractivity contribution in [1.82, 2.24) is 9.97 Å². The zero-order valence-corrected chi connectivity index (χ0v) is 20.9. The molecule has 2 aliphatic rings. The third kappa shape index (κ3) is 7.50. The third-order valence-electron chi connectivity index (χ3n) is 7.33. The molecule has 0 saturated heterocycles. The Labute approximate surface area is 196 Å². The fourth-order valence-electron chi connectivity index (χ4n) is 5.38. The lowest BCUT2D eigenvalue weighted by Crippen LogP contribution is -2.20. The maximum Gasteiger partial charge on any atom is 0.137 e. The smallest absolute Gasteiger partial charge is 0.137 e. The summed E-state index contributed by atoms with van der Waals surface area (Å²) in [7, 11) is 0. The third-order valence-corrected chi connectivity index (χ3v) is 7.33. The molecule has 0 atom stereocenters. The van der Waals surface area contributed by atoms with Gasteiger partial charge in [-0.15, -0.1) is 0 Å². The number of fused-ring (bicyclic) bond motifs is 1. The number of aromatic nitrogens is 2. The molecule has 174 valence electrons. The molecule has 2 aliphatic carbocycles. The van der Waals surface area contributed by atoms with Gasteiger partial charge in [-0.1, -0.05) is 101 Å². The summed E-state index contributed by atoms with van der Waals surface area (Å²) in [5.74, 6) is 2.28. The number of aromatic amines is 1. The highest BCUT2D eigenvalue weighted by Gasteiger charge is 2.24. The largest absolute Gasteiger partial charge is 0.346 e. The second-order valence-electron chi connectivity index (χ2n) is 10.0. The fourth-order valence-corrected chi connectivity index (χ4v) is 5.38. The van der Waals surface area contributed by atoms with Gasteiger partial charge in [0.05, 0.1) is 0 Å². The first kappa shape index (κ1) is 24.6. The standard InChI is InChI=1S/C12H22.C9H10N2.C9H12/c1-3-7-11(8-4-1)12-9-5-2-6-10-12;1-6-3-8-7(2)5-11-9(8)10-4-6;1-3-9-6-4-5-8(2)7-9/h11-12H,1-10H2;3-5H,1-2H3,(H,10,11);4-7H,3H2,1-2H3. The topological polar surface area (TPSA) is 28.7 Å². The summed E-state index contributed by atoms with van der Waals surface area (Å²) in [4.78, 5) is 7.35. The quantitative estimate of drug-likeness (QED) is 0.430. The van der Waals surface area contributed by atoms with Gasteiger partial charge < -0.3 is 4.98 Å². The first-order valence-corrected chi connectivity index (χ1v) is 13.0. The van der Waals surface area contributed by atoms with Crippen molar-refractivity contribution in [2.45, 2.75) is 98.3 Å². The molecule has 5 rings (SSSR count). The molecule has 2 heteroatoms. The summed E-state index contributed by atoms with van der Waals surface area (Å²) in [6.45, 7) is 8.44. The van der Waals surface area contributed by atoms with E-state index in [0.717, 1.165) is 23.9 Å². The molecule has 0 amide bonds. The summed E-state index contributed by atoms with van der Waals surface area (Å²) < 4.78 is 0. The van der Waals surface area contributed by atoms with Crippen LogP contribution in [0.15, 0.2) is 42.7 Å². The van der Waals surface area contributed by atoms with Gasteiger partial charge in [0.2, 0.25) is 0 Å². The summed E-state index contributed by atoms with van der Waals surface area (Å²) in [6.07, 6.45) is 20.4. The molecule has 3 aromatic rings. The number of H-pyrrole nitrogens is 1. The minimum atomic E-state index is 0.980. The Bertz CT molecular complexity index is 911. The van der Waals surface area contributed by atoms with Crippen molar-refractivity contribution in [2.75, 3.05) is 0 Å². The summed E-state index contributed by atoms with van der Waals surface area (Å²) in [6, 6.07) is 10.8. The molecule has 1 N–H and O–H groups in total. The van der Waals surface area contributed by atoms with Crippen molar-refractivity contribution < 1.29 is 0 Å². The maximum absolute atomic E-state index is 4.25. The Morgan fingerprint density at radius 1 is 0.812 bits per heavy atom. The van der Waals surface area contributed by atoms with Crippen LogP contribution in [0.1, 0.15) is 93.4 Å². The van der Waals surface area contributed by atoms with E-state index in [-0.39, 0.29) is 0 Å². The van der Waals surface area contributed by atoms with Crippen LogP contribution in [0.25, 0.3) is 11.0 Å². The average Bonchev–Trinajstić information content (AvgIpc) is 3.21. The summed E-state index contributed by atoms with van der Waals surface area (Å²) in [5.41, 5.74) is 6.23. The Hall–Kier alpha value is -2.09. The Morgan fingerprint density at radius 3 is 1.97 bits per heavy atom. The zero-order valence-electron chi connectivity index (χ0n) is 20.9. The Morgan fingerprint density at radius 2 is 1.44 bits per heavy atom. The van der Waals surface area contributed by atoms with Gasteiger partial charge in [-0.25, -0.2) is 4.98 Å². The van der Waals surface area contributed by atoms with Gasteiger partial charge in [0.15, 0.2) is 0 Å². The van der Waals surface area contributed by atoms with Gasteiger partial charge in [0, 0.05) is 17.8 Å². The van der Waals surface area contributed by atoms with Crippen LogP contribution in [0.4, 0.5) is 0 Å². The second kappa shape index (κ2) is 12.8. The molecule has 2 fully saturated rings. The van der Waals surface area contributed by atoms with Gasteiger partial charge in [-0.05, 0) is 61.8 Å². The van der Waals surface area contributed by atoms with Crippen LogP contribution < -0.4 is 0 Å². The lowest BCUT2D eigenvalue weighted by Gasteiger charge is -2.32. The number of benzene rings is 1. The molecular formula is C30H44N2. The molecule has 0 aliphatic heterocycles. The highest BCUT2D eigenvalue weighted by molar-refractivity contribution is 5.79. The predicted octanol–water partition coefficient (Wildman–Crippen LogP) is 8.88. The number of nitrogens with zero attached hydrogens (tertiary/aromatic N) is 1. The van der Waals surface area contributed by atoms with E-state index in [0.29, 0.717) is 0 Å². The Kier molecular flexibility index (Phi) is 9.84. The van der Waals surface area contributed by atoms with Crippen molar-refractivity contribution >= 4 is 11.0 Å². The van der Waals surface area contributed by atoms with Crippen LogP contribution in [0.2, 0.25) is 0 Å². The van der Waals surface area contributed by atoms with Gasteiger partial charge in [0.1, 0.15) is 5.65 Å². The summed E-state index contributed by atoms with van der Waals surface area (Å²) >= 11 is 0. The van der Waals surface area contributed by atoms with E-state index in [4.69, 9.17) is 0 Å². The highest BCUT2D eigenvalue weighted by Crippen LogP contribution is 2.37. The van der Waals surface area contributed by atoms with E-state index in [9.17, 15) is 0 Å². The molecule has 2 aromatic heterocycles.